The third-order valence-electron chi connectivity index (χ3n) is 1.80. The van der Waals surface area contributed by atoms with Gasteiger partial charge in [-0.2, -0.15) is 0 Å². The molecule has 1 rings (SSSR count). The second-order valence-electron chi connectivity index (χ2n) is 3.29. The topological polar surface area (TPSA) is 15.3 Å². The van der Waals surface area contributed by atoms with Gasteiger partial charge < -0.3 is 10.2 Å². The summed E-state index contributed by atoms with van der Waals surface area (Å²) in [6.07, 6.45) is 0. The summed E-state index contributed by atoms with van der Waals surface area (Å²) in [5.41, 5.74) is 0. The molecule has 1 aromatic rings. The van der Waals surface area contributed by atoms with E-state index in [9.17, 15) is 0 Å². The Balaban J connectivity index is 2.15. The Morgan fingerprint density at radius 2 is 2.00 bits per heavy atom. The molecule has 0 aliphatic carbocycles. The van der Waals surface area contributed by atoms with E-state index in [2.05, 4.69) is 29.6 Å². The lowest BCUT2D eigenvalue weighted by atomic mass is 10.4. The first-order valence-corrected chi connectivity index (χ1v) is 6.22. The molecule has 0 radical (unpaired) electrons. The van der Waals surface area contributed by atoms with Crippen LogP contribution < -0.4 is 5.32 Å². The lowest BCUT2D eigenvalue weighted by molar-refractivity contribution is 0.605. The van der Waals surface area contributed by atoms with E-state index < -0.39 is 0 Å². The molecule has 2 nitrogen and oxygen atoms in total. The number of hydrogen-bond donors (Lipinski definition) is 1. The smallest absolute Gasteiger partial charge is 0.168 e. The SMILES string of the molecule is CN(C)C(=S)NCCSc1ccccc1. The standard InChI is InChI=1S/C11H16N2S2/c1-13(2)11(14)12-8-9-15-10-6-4-3-5-7-10/h3-7H,8-9H2,1-2H3,(H,12,14). The fourth-order valence-corrected chi connectivity index (χ4v) is 1.89. The zero-order chi connectivity index (χ0) is 11.1. The van der Waals surface area contributed by atoms with Gasteiger partial charge in [-0.1, -0.05) is 18.2 Å². The van der Waals surface area contributed by atoms with Crippen molar-refractivity contribution in [1.29, 1.82) is 0 Å². The highest BCUT2D eigenvalue weighted by Gasteiger charge is 1.97. The molecule has 0 amide bonds. The molecule has 0 bridgehead atoms. The van der Waals surface area contributed by atoms with Crippen LogP contribution in [0.5, 0.6) is 0 Å². The second kappa shape index (κ2) is 6.69. The van der Waals surface area contributed by atoms with Gasteiger partial charge in [0.1, 0.15) is 0 Å². The normalized spacial score (nSPS) is 9.73. The van der Waals surface area contributed by atoms with Crippen molar-refractivity contribution in [3.63, 3.8) is 0 Å². The monoisotopic (exact) mass is 240 g/mol. The average Bonchev–Trinajstić information content (AvgIpc) is 2.25. The van der Waals surface area contributed by atoms with Gasteiger partial charge in [0.15, 0.2) is 5.11 Å². The molecule has 0 aromatic heterocycles. The van der Waals surface area contributed by atoms with Gasteiger partial charge in [-0.15, -0.1) is 11.8 Å². The van der Waals surface area contributed by atoms with Crippen molar-refractivity contribution in [2.75, 3.05) is 26.4 Å². The number of thiocarbonyl (C=S) groups is 1. The predicted octanol–water partition coefficient (Wildman–Crippen LogP) is 2.21. The molecule has 4 heteroatoms. The largest absolute Gasteiger partial charge is 0.362 e. The molecule has 0 saturated carbocycles. The maximum absolute atomic E-state index is 5.11. The highest BCUT2D eigenvalue weighted by Crippen LogP contribution is 2.15. The van der Waals surface area contributed by atoms with Crippen LogP contribution in [0.15, 0.2) is 35.2 Å². The quantitative estimate of drug-likeness (QED) is 0.493. The summed E-state index contributed by atoms with van der Waals surface area (Å²) in [6, 6.07) is 10.4. The lowest BCUT2D eigenvalue weighted by Gasteiger charge is -2.14. The zero-order valence-corrected chi connectivity index (χ0v) is 10.7. The fourth-order valence-electron chi connectivity index (χ4n) is 1.00. The van der Waals surface area contributed by atoms with E-state index in [1.165, 1.54) is 4.90 Å². The van der Waals surface area contributed by atoms with Crippen LogP contribution in [0.1, 0.15) is 0 Å². The van der Waals surface area contributed by atoms with Gasteiger partial charge in [-0.3, -0.25) is 0 Å². The van der Waals surface area contributed by atoms with Gasteiger partial charge in [0.05, 0.1) is 0 Å². The van der Waals surface area contributed by atoms with Crippen LogP contribution in [-0.4, -0.2) is 36.4 Å². The van der Waals surface area contributed by atoms with Gasteiger partial charge >= 0.3 is 0 Å². The molecular formula is C11H16N2S2. The van der Waals surface area contributed by atoms with E-state index in [1.54, 1.807) is 0 Å². The Kier molecular flexibility index (Phi) is 5.50. The number of nitrogens with one attached hydrogen (secondary N) is 1. The highest BCUT2D eigenvalue weighted by molar-refractivity contribution is 7.99. The Hall–Kier alpha value is -0.740. The summed E-state index contributed by atoms with van der Waals surface area (Å²) < 4.78 is 0. The van der Waals surface area contributed by atoms with Crippen molar-refractivity contribution in [3.05, 3.63) is 30.3 Å². The molecule has 0 aliphatic rings. The first-order valence-electron chi connectivity index (χ1n) is 4.83. The summed E-state index contributed by atoms with van der Waals surface area (Å²) in [5, 5.41) is 3.98. The summed E-state index contributed by atoms with van der Waals surface area (Å²) in [7, 11) is 3.89. The van der Waals surface area contributed by atoms with E-state index in [-0.39, 0.29) is 0 Å². The Labute approximate surface area is 101 Å². The minimum Gasteiger partial charge on any atom is -0.362 e. The fraction of sp³-hybridized carbons (Fsp3) is 0.364. The number of nitrogens with zero attached hydrogens (tertiary/aromatic N) is 1. The van der Waals surface area contributed by atoms with Crippen LogP contribution in [0.25, 0.3) is 0 Å². The molecule has 15 heavy (non-hydrogen) atoms. The molecule has 1 N–H and O–H groups in total. The first-order chi connectivity index (χ1) is 7.20. The number of hydrogen-bond acceptors (Lipinski definition) is 2. The van der Waals surface area contributed by atoms with Crippen LogP contribution in [0.2, 0.25) is 0 Å². The van der Waals surface area contributed by atoms with Gasteiger partial charge in [-0.05, 0) is 24.4 Å². The van der Waals surface area contributed by atoms with Crippen molar-refractivity contribution < 1.29 is 0 Å². The molecule has 0 aliphatic heterocycles. The Morgan fingerprint density at radius 1 is 1.33 bits per heavy atom. The zero-order valence-electron chi connectivity index (χ0n) is 9.06. The molecular weight excluding hydrogens is 224 g/mol. The maximum atomic E-state index is 5.11. The van der Waals surface area contributed by atoms with Crippen LogP contribution in [0.3, 0.4) is 0 Å². The molecule has 0 atom stereocenters. The molecule has 82 valence electrons. The first kappa shape index (κ1) is 12.3. The van der Waals surface area contributed by atoms with Crippen molar-refractivity contribution in [2.24, 2.45) is 0 Å². The Morgan fingerprint density at radius 3 is 2.60 bits per heavy atom. The highest BCUT2D eigenvalue weighted by atomic mass is 32.2. The average molecular weight is 240 g/mol. The van der Waals surface area contributed by atoms with E-state index in [0.717, 1.165) is 17.4 Å². The number of benzene rings is 1. The molecule has 1 aromatic carbocycles. The van der Waals surface area contributed by atoms with Crippen molar-refractivity contribution in [1.82, 2.24) is 10.2 Å². The molecule has 0 heterocycles. The molecule has 0 fully saturated rings. The number of thioether (sulfide) groups is 1. The summed E-state index contributed by atoms with van der Waals surface area (Å²) in [4.78, 5) is 3.21. The third kappa shape index (κ3) is 5.04. The van der Waals surface area contributed by atoms with Gasteiger partial charge in [-0.25, -0.2) is 0 Å². The van der Waals surface area contributed by atoms with E-state index in [1.807, 2.05) is 36.8 Å². The van der Waals surface area contributed by atoms with Gasteiger partial charge in [0.25, 0.3) is 0 Å². The van der Waals surface area contributed by atoms with E-state index >= 15 is 0 Å². The van der Waals surface area contributed by atoms with E-state index in [0.29, 0.717) is 0 Å². The van der Waals surface area contributed by atoms with Crippen LogP contribution in [0, 0.1) is 0 Å². The van der Waals surface area contributed by atoms with E-state index in [4.69, 9.17) is 12.2 Å². The summed E-state index contributed by atoms with van der Waals surface area (Å²) in [6.45, 7) is 0.899. The van der Waals surface area contributed by atoms with Gasteiger partial charge in [0, 0.05) is 31.3 Å². The van der Waals surface area contributed by atoms with Crippen molar-refractivity contribution in [2.45, 2.75) is 4.90 Å². The van der Waals surface area contributed by atoms with Crippen LogP contribution in [-0.2, 0) is 0 Å². The predicted molar refractivity (Wildman–Crippen MR) is 71.5 cm³/mol. The molecule has 0 spiro atoms. The summed E-state index contributed by atoms with van der Waals surface area (Å²) >= 11 is 6.95. The van der Waals surface area contributed by atoms with Gasteiger partial charge in [0.2, 0.25) is 0 Å². The minimum atomic E-state index is 0.795. The summed E-state index contributed by atoms with van der Waals surface area (Å²) in [5.74, 6) is 1.03. The Bertz CT molecular complexity index is 299. The van der Waals surface area contributed by atoms with Crippen LogP contribution in [0.4, 0.5) is 0 Å². The van der Waals surface area contributed by atoms with Crippen molar-refractivity contribution >= 4 is 29.1 Å². The van der Waals surface area contributed by atoms with Crippen molar-refractivity contribution in [3.8, 4) is 0 Å². The minimum absolute atomic E-state index is 0.795. The maximum Gasteiger partial charge on any atom is 0.168 e. The number of rotatable bonds is 4. The third-order valence-corrected chi connectivity index (χ3v) is 3.32. The molecule has 0 unspecified atom stereocenters. The van der Waals surface area contributed by atoms with Crippen LogP contribution >= 0.6 is 24.0 Å². The second-order valence-corrected chi connectivity index (χ2v) is 4.84. The lowest BCUT2D eigenvalue weighted by Crippen LogP contribution is -2.35. The molecule has 0 saturated heterocycles.